The molecule has 0 saturated carbocycles. The van der Waals surface area contributed by atoms with Crippen molar-refractivity contribution in [1.82, 2.24) is 4.90 Å². The van der Waals surface area contributed by atoms with Crippen LogP contribution < -0.4 is 5.32 Å². The summed E-state index contributed by atoms with van der Waals surface area (Å²) >= 11 is 0. The van der Waals surface area contributed by atoms with Gasteiger partial charge >= 0.3 is 0 Å². The number of amides is 1. The number of carbonyl (C=O) groups excluding carboxylic acids is 1. The van der Waals surface area contributed by atoms with E-state index < -0.39 is 0 Å². The van der Waals surface area contributed by atoms with Gasteiger partial charge < -0.3 is 10.4 Å². The quantitative estimate of drug-likeness (QED) is 0.736. The van der Waals surface area contributed by atoms with E-state index in [2.05, 4.69) is 37.1 Å². The number of hydrogen-bond acceptors (Lipinski definition) is 3. The lowest BCUT2D eigenvalue weighted by molar-refractivity contribution is -0.118. The second-order valence-corrected chi connectivity index (χ2v) is 5.27. The van der Waals surface area contributed by atoms with Crippen molar-refractivity contribution < 1.29 is 9.90 Å². The number of benzene rings is 1. The first kappa shape index (κ1) is 17.7. The van der Waals surface area contributed by atoms with Crippen molar-refractivity contribution in [2.75, 3.05) is 25.0 Å². The van der Waals surface area contributed by atoms with Crippen molar-refractivity contribution in [1.29, 1.82) is 0 Å². The Balaban J connectivity index is 2.64. The van der Waals surface area contributed by atoms with E-state index in [1.165, 1.54) is 5.56 Å². The molecule has 0 heterocycles. The van der Waals surface area contributed by atoms with Crippen LogP contribution in [-0.4, -0.2) is 41.7 Å². The fourth-order valence-corrected chi connectivity index (χ4v) is 2.58. The molecule has 1 aromatic carbocycles. The summed E-state index contributed by atoms with van der Waals surface area (Å²) < 4.78 is 0. The molecule has 0 aromatic heterocycles. The zero-order valence-electron chi connectivity index (χ0n) is 13.4. The molecule has 1 amide bonds. The Hall–Kier alpha value is -1.39. The highest BCUT2D eigenvalue weighted by Crippen LogP contribution is 2.12. The van der Waals surface area contributed by atoms with Gasteiger partial charge in [0.15, 0.2) is 0 Å². The van der Waals surface area contributed by atoms with Crippen molar-refractivity contribution in [3.8, 4) is 0 Å². The molecule has 0 spiro atoms. The minimum atomic E-state index is -0.0244. The predicted octanol–water partition coefficient (Wildman–Crippen LogP) is 2.67. The molecular formula is C17H28N2O2. The van der Waals surface area contributed by atoms with Gasteiger partial charge in [0.25, 0.3) is 0 Å². The molecule has 0 saturated heterocycles. The molecular weight excluding hydrogens is 264 g/mol. The van der Waals surface area contributed by atoms with Gasteiger partial charge in [-0.05, 0) is 37.0 Å². The number of aryl methyl sites for hydroxylation is 1. The molecule has 4 nitrogen and oxygen atoms in total. The standard InChI is InChI=1S/C17H28N2O2/c1-4-14-8-7-9-15(12-14)18-17(21)13-19(10-11-20)16(5-2)6-3/h7-9,12,16,20H,4-6,10-11,13H2,1-3H3,(H,18,21). The molecule has 0 aliphatic carbocycles. The summed E-state index contributed by atoms with van der Waals surface area (Å²) in [5, 5.41) is 12.1. The molecule has 2 N–H and O–H groups in total. The molecule has 0 fully saturated rings. The smallest absolute Gasteiger partial charge is 0.238 e. The van der Waals surface area contributed by atoms with Crippen LogP contribution in [0.2, 0.25) is 0 Å². The number of hydrogen-bond donors (Lipinski definition) is 2. The van der Waals surface area contributed by atoms with Crippen LogP contribution in [0.25, 0.3) is 0 Å². The molecule has 1 rings (SSSR count). The average molecular weight is 292 g/mol. The van der Waals surface area contributed by atoms with Gasteiger partial charge in [-0.25, -0.2) is 0 Å². The summed E-state index contributed by atoms with van der Waals surface area (Å²) in [6, 6.07) is 8.26. The summed E-state index contributed by atoms with van der Waals surface area (Å²) in [4.78, 5) is 14.3. The number of rotatable bonds is 9. The van der Waals surface area contributed by atoms with Crippen LogP contribution in [0, 0.1) is 0 Å². The molecule has 4 heteroatoms. The third-order valence-corrected chi connectivity index (χ3v) is 3.81. The maximum atomic E-state index is 12.2. The largest absolute Gasteiger partial charge is 0.395 e. The number of nitrogens with zero attached hydrogens (tertiary/aromatic N) is 1. The minimum absolute atomic E-state index is 0.0244. The molecule has 0 radical (unpaired) electrons. The average Bonchev–Trinajstić information content (AvgIpc) is 2.48. The van der Waals surface area contributed by atoms with Gasteiger partial charge in [0, 0.05) is 18.3 Å². The van der Waals surface area contributed by atoms with Gasteiger partial charge in [-0.15, -0.1) is 0 Å². The SMILES string of the molecule is CCc1cccc(NC(=O)CN(CCO)C(CC)CC)c1. The van der Waals surface area contributed by atoms with Crippen LogP contribution in [-0.2, 0) is 11.2 Å². The fraction of sp³-hybridized carbons (Fsp3) is 0.588. The van der Waals surface area contributed by atoms with Gasteiger partial charge in [-0.3, -0.25) is 9.69 Å². The van der Waals surface area contributed by atoms with E-state index in [9.17, 15) is 9.90 Å². The van der Waals surface area contributed by atoms with Crippen LogP contribution >= 0.6 is 0 Å². The number of carbonyl (C=O) groups is 1. The predicted molar refractivity (Wildman–Crippen MR) is 87.5 cm³/mol. The van der Waals surface area contributed by atoms with Crippen molar-refractivity contribution in [3.05, 3.63) is 29.8 Å². The number of aliphatic hydroxyl groups excluding tert-OH is 1. The van der Waals surface area contributed by atoms with E-state index in [1.54, 1.807) is 0 Å². The van der Waals surface area contributed by atoms with E-state index in [0.29, 0.717) is 19.1 Å². The van der Waals surface area contributed by atoms with Crippen LogP contribution in [0.5, 0.6) is 0 Å². The molecule has 0 bridgehead atoms. The number of aliphatic hydroxyl groups is 1. The summed E-state index contributed by atoms with van der Waals surface area (Å²) in [7, 11) is 0. The second kappa shape index (κ2) is 9.53. The maximum Gasteiger partial charge on any atom is 0.238 e. The van der Waals surface area contributed by atoms with Crippen LogP contribution in [0.3, 0.4) is 0 Å². The lowest BCUT2D eigenvalue weighted by Gasteiger charge is -2.29. The van der Waals surface area contributed by atoms with Crippen LogP contribution in [0.1, 0.15) is 39.2 Å². The van der Waals surface area contributed by atoms with E-state index >= 15 is 0 Å². The molecule has 118 valence electrons. The number of anilines is 1. The first-order valence-electron chi connectivity index (χ1n) is 7.88. The lowest BCUT2D eigenvalue weighted by Crippen LogP contribution is -2.42. The maximum absolute atomic E-state index is 12.2. The van der Waals surface area contributed by atoms with E-state index in [0.717, 1.165) is 24.9 Å². The Morgan fingerprint density at radius 2 is 2.00 bits per heavy atom. The molecule has 21 heavy (non-hydrogen) atoms. The van der Waals surface area contributed by atoms with E-state index in [1.807, 2.05) is 18.2 Å². The second-order valence-electron chi connectivity index (χ2n) is 5.27. The summed E-state index contributed by atoms with van der Waals surface area (Å²) in [5.41, 5.74) is 2.05. The van der Waals surface area contributed by atoms with Crippen molar-refractivity contribution in [2.24, 2.45) is 0 Å². The van der Waals surface area contributed by atoms with Gasteiger partial charge in [-0.2, -0.15) is 0 Å². The summed E-state index contributed by atoms with van der Waals surface area (Å²) in [6.07, 6.45) is 2.91. The highest BCUT2D eigenvalue weighted by atomic mass is 16.3. The monoisotopic (exact) mass is 292 g/mol. The molecule has 0 aliphatic heterocycles. The Labute approximate surface area is 128 Å². The normalized spacial score (nSPS) is 11.1. The van der Waals surface area contributed by atoms with Crippen molar-refractivity contribution in [2.45, 2.75) is 46.1 Å². The lowest BCUT2D eigenvalue weighted by atomic mass is 10.1. The third kappa shape index (κ3) is 5.86. The van der Waals surface area contributed by atoms with E-state index in [4.69, 9.17) is 0 Å². The fourth-order valence-electron chi connectivity index (χ4n) is 2.58. The van der Waals surface area contributed by atoms with Crippen molar-refractivity contribution in [3.63, 3.8) is 0 Å². The van der Waals surface area contributed by atoms with Crippen LogP contribution in [0.15, 0.2) is 24.3 Å². The molecule has 1 aromatic rings. The van der Waals surface area contributed by atoms with Gasteiger partial charge in [0.05, 0.1) is 13.2 Å². The molecule has 0 atom stereocenters. The molecule has 0 unspecified atom stereocenters. The first-order valence-corrected chi connectivity index (χ1v) is 7.88. The number of nitrogens with one attached hydrogen (secondary N) is 1. The first-order chi connectivity index (χ1) is 10.1. The van der Waals surface area contributed by atoms with Gasteiger partial charge in [0.1, 0.15) is 0 Å². The van der Waals surface area contributed by atoms with Gasteiger partial charge in [-0.1, -0.05) is 32.9 Å². The minimum Gasteiger partial charge on any atom is -0.395 e. The Bertz CT molecular complexity index is 431. The van der Waals surface area contributed by atoms with Crippen molar-refractivity contribution >= 4 is 11.6 Å². The highest BCUT2D eigenvalue weighted by Gasteiger charge is 2.17. The van der Waals surface area contributed by atoms with Crippen LogP contribution in [0.4, 0.5) is 5.69 Å². The Morgan fingerprint density at radius 3 is 2.57 bits per heavy atom. The Morgan fingerprint density at radius 1 is 1.29 bits per heavy atom. The zero-order valence-corrected chi connectivity index (χ0v) is 13.4. The highest BCUT2D eigenvalue weighted by molar-refractivity contribution is 5.92. The third-order valence-electron chi connectivity index (χ3n) is 3.81. The topological polar surface area (TPSA) is 52.6 Å². The van der Waals surface area contributed by atoms with E-state index in [-0.39, 0.29) is 12.5 Å². The summed E-state index contributed by atoms with van der Waals surface area (Å²) in [6.45, 7) is 7.26. The molecule has 0 aliphatic rings. The van der Waals surface area contributed by atoms with Gasteiger partial charge in [0.2, 0.25) is 5.91 Å². The summed E-state index contributed by atoms with van der Waals surface area (Å²) in [5.74, 6) is -0.0244. The zero-order chi connectivity index (χ0) is 15.7. The Kier molecular flexibility index (Phi) is 8.01.